The number of rotatable bonds is 66. The maximum Gasteiger partial charge on any atom is 0.472 e. The fraction of sp³-hybridized carbons (Fsp3) is 0.744. The molecule has 2 N–H and O–H groups in total. The highest BCUT2D eigenvalue weighted by molar-refractivity contribution is 7.47. The molecule has 0 saturated carbocycles. The normalized spacial score (nSPS) is 14.1. The van der Waals surface area contributed by atoms with Crippen molar-refractivity contribution in [3.63, 3.8) is 0 Å². The number of esters is 1. The van der Waals surface area contributed by atoms with Gasteiger partial charge in [0.15, 0.2) is 0 Å². The largest absolute Gasteiger partial charge is 0.472 e. The minimum Gasteiger partial charge on any atom is -0.456 e. The number of amides is 1. The zero-order chi connectivity index (χ0) is 64.2. The molecule has 0 aliphatic heterocycles. The molecule has 10 heteroatoms. The molecule has 3 atom stereocenters. The Morgan fingerprint density at radius 3 is 1.11 bits per heavy atom. The summed E-state index contributed by atoms with van der Waals surface area (Å²) in [6.07, 6.45) is 92.4. The number of carbonyl (C=O) groups excluding carboxylic acids is 2. The van der Waals surface area contributed by atoms with Gasteiger partial charge in [-0.05, 0) is 115 Å². The molecule has 0 saturated heterocycles. The van der Waals surface area contributed by atoms with Gasteiger partial charge in [0.1, 0.15) is 19.3 Å². The quantitative estimate of drug-likeness (QED) is 0.0205. The van der Waals surface area contributed by atoms with Crippen molar-refractivity contribution >= 4 is 19.7 Å². The van der Waals surface area contributed by atoms with Crippen LogP contribution in [0.2, 0.25) is 0 Å². The molecule has 0 bridgehead atoms. The lowest BCUT2D eigenvalue weighted by molar-refractivity contribution is -0.870. The summed E-state index contributed by atoms with van der Waals surface area (Å²) in [7, 11) is 1.49. The van der Waals surface area contributed by atoms with Crippen molar-refractivity contribution in [2.45, 2.75) is 335 Å². The number of hydrogen-bond acceptors (Lipinski definition) is 6. The van der Waals surface area contributed by atoms with E-state index in [0.29, 0.717) is 17.4 Å². The van der Waals surface area contributed by atoms with Crippen LogP contribution >= 0.6 is 7.82 Å². The van der Waals surface area contributed by atoms with Crippen LogP contribution in [0, 0.1) is 0 Å². The van der Waals surface area contributed by atoms with Crippen LogP contribution in [0.5, 0.6) is 0 Å². The third kappa shape index (κ3) is 67.1. The van der Waals surface area contributed by atoms with Crippen LogP contribution in [0.4, 0.5) is 0 Å². The first-order valence-corrected chi connectivity index (χ1v) is 38.2. The van der Waals surface area contributed by atoms with Crippen molar-refractivity contribution in [3.8, 4) is 0 Å². The van der Waals surface area contributed by atoms with Crippen molar-refractivity contribution in [3.05, 3.63) is 109 Å². The molecule has 0 aromatic carbocycles. The fourth-order valence-electron chi connectivity index (χ4n) is 10.3. The Kier molecular flexibility index (Phi) is 64.1. The van der Waals surface area contributed by atoms with Gasteiger partial charge < -0.3 is 19.4 Å². The van der Waals surface area contributed by atoms with Crippen LogP contribution in [0.3, 0.4) is 0 Å². The van der Waals surface area contributed by atoms with Crippen molar-refractivity contribution < 1.29 is 37.3 Å². The fourth-order valence-corrected chi connectivity index (χ4v) is 11.1. The van der Waals surface area contributed by atoms with Crippen molar-refractivity contribution in [2.75, 3.05) is 40.9 Å². The lowest BCUT2D eigenvalue weighted by atomic mass is 10.0. The summed E-state index contributed by atoms with van der Waals surface area (Å²) in [6.45, 7) is 6.89. The van der Waals surface area contributed by atoms with Gasteiger partial charge in [0, 0.05) is 12.8 Å². The lowest BCUT2D eigenvalue weighted by Gasteiger charge is -2.27. The van der Waals surface area contributed by atoms with Crippen LogP contribution < -0.4 is 5.32 Å². The van der Waals surface area contributed by atoms with Gasteiger partial charge in [-0.25, -0.2) is 4.57 Å². The number of nitrogens with zero attached hydrogens (tertiary/aromatic N) is 1. The second kappa shape index (κ2) is 66.6. The van der Waals surface area contributed by atoms with Gasteiger partial charge in [-0.3, -0.25) is 18.6 Å². The van der Waals surface area contributed by atoms with Crippen LogP contribution in [0.1, 0.15) is 323 Å². The summed E-state index contributed by atoms with van der Waals surface area (Å²) < 4.78 is 30.9. The van der Waals surface area contributed by atoms with Gasteiger partial charge in [0.25, 0.3) is 0 Å². The first kappa shape index (κ1) is 84.7. The summed E-state index contributed by atoms with van der Waals surface area (Å²) in [5.74, 6) is -0.511. The molecule has 0 aromatic heterocycles. The van der Waals surface area contributed by atoms with E-state index < -0.39 is 20.0 Å². The number of carbonyl (C=O) groups is 2. The van der Waals surface area contributed by atoms with E-state index in [-0.39, 0.29) is 31.5 Å². The molecule has 1 amide bonds. The van der Waals surface area contributed by atoms with E-state index >= 15 is 0 Å². The van der Waals surface area contributed by atoms with Crippen LogP contribution in [-0.4, -0.2) is 74.3 Å². The molecule has 508 valence electrons. The van der Waals surface area contributed by atoms with Crippen LogP contribution in [-0.2, 0) is 27.9 Å². The number of allylic oxidation sites excluding steroid dienone is 17. The molecule has 0 rings (SSSR count). The Morgan fingerprint density at radius 2 is 0.727 bits per heavy atom. The van der Waals surface area contributed by atoms with Crippen molar-refractivity contribution in [1.29, 1.82) is 0 Å². The number of phosphoric acid groups is 1. The average Bonchev–Trinajstić information content (AvgIpc) is 3.52. The van der Waals surface area contributed by atoms with Crippen molar-refractivity contribution in [1.82, 2.24) is 5.32 Å². The van der Waals surface area contributed by atoms with Gasteiger partial charge in [-0.1, -0.05) is 304 Å². The number of likely N-dealkylation sites (N-methyl/N-ethyl adjacent to an activating group) is 1. The van der Waals surface area contributed by atoms with Crippen molar-refractivity contribution in [2.24, 2.45) is 0 Å². The van der Waals surface area contributed by atoms with E-state index in [4.69, 9.17) is 13.8 Å². The van der Waals surface area contributed by atoms with E-state index in [1.807, 2.05) is 33.3 Å². The topological polar surface area (TPSA) is 111 Å². The van der Waals surface area contributed by atoms with Gasteiger partial charge in [-0.15, -0.1) is 0 Å². The van der Waals surface area contributed by atoms with Gasteiger partial charge in [-0.2, -0.15) is 0 Å². The Bertz CT molecular complexity index is 1870. The number of nitrogens with one attached hydrogen (secondary N) is 1. The highest BCUT2D eigenvalue weighted by atomic mass is 31.2. The molecule has 0 aliphatic rings. The van der Waals surface area contributed by atoms with Crippen LogP contribution in [0.15, 0.2) is 109 Å². The van der Waals surface area contributed by atoms with Crippen LogP contribution in [0.25, 0.3) is 0 Å². The lowest BCUT2D eigenvalue weighted by Crippen LogP contribution is -2.47. The summed E-state index contributed by atoms with van der Waals surface area (Å²) >= 11 is 0. The number of hydrogen-bond donors (Lipinski definition) is 2. The monoisotopic (exact) mass is 1250 g/mol. The minimum atomic E-state index is -4.46. The van der Waals surface area contributed by atoms with Gasteiger partial charge in [0.05, 0.1) is 33.8 Å². The third-order valence-corrected chi connectivity index (χ3v) is 16.9. The standard InChI is InChI=1S/C78H139N2O7P/c1-7-10-13-16-19-22-25-28-30-32-34-36-38-40-42-44-46-48-50-52-55-58-61-64-67-70-77(81)79-75(74-86-88(83,84)85-73-72-80(4,5)6)76(69-66-63-60-57-54-27-24-21-18-15-12-9-3)87-78(82)71-68-65-62-59-56-53-51-49-47-45-43-41-39-37-35-33-31-29-26-23-20-17-14-11-8-2/h11,14,19-20,22-23,28-31,34-37,41,43,66,69,75-76H,7-10,12-13,15-18,21,24-27,32-33,38-40,42,44-65,67-68,70-74H2,1-6H3,(H-,79,81,83,84)/p+1/b14-11-,22-19-,23-20-,30-28-,31-29-,36-34-,37-35-,43-41-,69-66+. The summed E-state index contributed by atoms with van der Waals surface area (Å²) in [5, 5.41) is 3.07. The molecule has 9 nitrogen and oxygen atoms in total. The molecule has 0 heterocycles. The first-order chi connectivity index (χ1) is 42.9. The molecule has 3 unspecified atom stereocenters. The predicted octanol–water partition coefficient (Wildman–Crippen LogP) is 23.6. The predicted molar refractivity (Wildman–Crippen MR) is 383 cm³/mol. The molecule has 0 fully saturated rings. The second-order valence-corrected chi connectivity index (χ2v) is 27.2. The zero-order valence-electron chi connectivity index (χ0n) is 58.2. The molecule has 0 aliphatic carbocycles. The Morgan fingerprint density at radius 1 is 0.409 bits per heavy atom. The molecular formula is C78H140N2O7P+. The summed E-state index contributed by atoms with van der Waals surface area (Å²) in [4.78, 5) is 38.0. The Hall–Kier alpha value is -3.33. The number of phosphoric ester groups is 1. The van der Waals surface area contributed by atoms with E-state index in [1.165, 1.54) is 173 Å². The van der Waals surface area contributed by atoms with E-state index in [9.17, 15) is 19.0 Å². The summed E-state index contributed by atoms with van der Waals surface area (Å²) in [5.41, 5.74) is 0. The Labute approximate surface area is 544 Å². The summed E-state index contributed by atoms with van der Waals surface area (Å²) in [6, 6.07) is -0.859. The van der Waals surface area contributed by atoms with E-state index in [1.54, 1.807) is 0 Å². The highest BCUT2D eigenvalue weighted by Gasteiger charge is 2.30. The molecule has 0 spiro atoms. The highest BCUT2D eigenvalue weighted by Crippen LogP contribution is 2.43. The average molecular weight is 1250 g/mol. The molecule has 0 radical (unpaired) electrons. The van der Waals surface area contributed by atoms with E-state index in [0.717, 1.165) is 116 Å². The second-order valence-electron chi connectivity index (χ2n) is 25.7. The molecule has 0 aromatic rings. The minimum absolute atomic E-state index is 0.0348. The van der Waals surface area contributed by atoms with E-state index in [2.05, 4.69) is 123 Å². The first-order valence-electron chi connectivity index (χ1n) is 36.7. The zero-order valence-corrected chi connectivity index (χ0v) is 59.1. The number of quaternary nitrogens is 1. The number of unbranched alkanes of at least 4 members (excludes halogenated alkanes) is 34. The Balaban J connectivity index is 5.05. The smallest absolute Gasteiger partial charge is 0.456 e. The maximum atomic E-state index is 13.6. The van der Waals surface area contributed by atoms with Gasteiger partial charge >= 0.3 is 13.8 Å². The number of ether oxygens (including phenoxy) is 1. The SMILES string of the molecule is CC/C=C\C/C=C\C/C=C\C/C=C\C/C=C\CCCCCCCCCCCC(=O)OC(/C=C/CCCCCCCCCCCC)C(COP(=O)(O)OCC[N+](C)(C)C)NC(=O)CCCCCCCCCCCCCC/C=C\C/C=C\C/C=C\CCCCC. The maximum absolute atomic E-state index is 13.6. The molecule has 88 heavy (non-hydrogen) atoms. The molecular weight excluding hydrogens is 1110 g/mol. The van der Waals surface area contributed by atoms with Gasteiger partial charge in [0.2, 0.25) is 5.91 Å². The third-order valence-electron chi connectivity index (χ3n) is 15.9.